The van der Waals surface area contributed by atoms with Gasteiger partial charge in [0.2, 0.25) is 0 Å². The summed E-state index contributed by atoms with van der Waals surface area (Å²) in [5.74, 6) is -0.246. The zero-order valence-electron chi connectivity index (χ0n) is 16.9. The lowest BCUT2D eigenvalue weighted by molar-refractivity contribution is 0.0733. The number of esters is 1. The van der Waals surface area contributed by atoms with Gasteiger partial charge in [-0.1, -0.05) is 54.6 Å². The normalized spacial score (nSPS) is 10.9. The fourth-order valence-electron chi connectivity index (χ4n) is 3.23. The minimum absolute atomic E-state index is 0.281. The summed E-state index contributed by atoms with van der Waals surface area (Å²) in [5, 5.41) is 5.91. The molecular weight excluding hydrogens is 388 g/mol. The van der Waals surface area contributed by atoms with Gasteiger partial charge in [-0.3, -0.25) is 4.79 Å². The summed E-state index contributed by atoms with van der Waals surface area (Å²) < 4.78 is 5.42. The van der Waals surface area contributed by atoms with Crippen LogP contribution < -0.4 is 10.2 Å². The summed E-state index contributed by atoms with van der Waals surface area (Å²) in [6, 6.07) is 27.4. The van der Waals surface area contributed by atoms with Crippen LogP contribution in [0.4, 0.5) is 0 Å². The molecule has 1 amide bonds. The third kappa shape index (κ3) is 4.67. The van der Waals surface area contributed by atoms with Gasteiger partial charge in [0.15, 0.2) is 0 Å². The second kappa shape index (κ2) is 9.05. The van der Waals surface area contributed by atoms with E-state index in [-0.39, 0.29) is 5.91 Å². The molecular formula is C26H20N2O3. The van der Waals surface area contributed by atoms with Crippen molar-refractivity contribution in [2.45, 2.75) is 6.92 Å². The van der Waals surface area contributed by atoms with Crippen molar-refractivity contribution in [2.75, 3.05) is 0 Å². The van der Waals surface area contributed by atoms with Crippen LogP contribution in [0.1, 0.15) is 31.8 Å². The summed E-state index contributed by atoms with van der Waals surface area (Å²) >= 11 is 0. The average Bonchev–Trinajstić information content (AvgIpc) is 2.80. The van der Waals surface area contributed by atoms with Crippen LogP contribution >= 0.6 is 0 Å². The van der Waals surface area contributed by atoms with E-state index in [0.717, 1.165) is 21.9 Å². The van der Waals surface area contributed by atoms with E-state index in [4.69, 9.17) is 4.74 Å². The van der Waals surface area contributed by atoms with Crippen LogP contribution in [0.25, 0.3) is 10.8 Å². The Morgan fingerprint density at radius 3 is 2.29 bits per heavy atom. The number of nitrogens with zero attached hydrogens (tertiary/aromatic N) is 1. The smallest absolute Gasteiger partial charge is 0.343 e. The molecule has 0 atom stereocenters. The molecule has 0 aromatic heterocycles. The summed E-state index contributed by atoms with van der Waals surface area (Å²) in [5.41, 5.74) is 5.27. The first-order valence-electron chi connectivity index (χ1n) is 9.81. The molecule has 0 heterocycles. The van der Waals surface area contributed by atoms with Crippen molar-refractivity contribution < 1.29 is 14.3 Å². The highest BCUT2D eigenvalue weighted by molar-refractivity contribution is 6.07. The fraction of sp³-hybridized carbons (Fsp3) is 0.0385. The van der Waals surface area contributed by atoms with Crippen molar-refractivity contribution in [1.29, 1.82) is 0 Å². The number of hydrogen-bond donors (Lipinski definition) is 1. The maximum Gasteiger partial charge on any atom is 0.343 e. The number of carbonyl (C=O) groups is 2. The van der Waals surface area contributed by atoms with Crippen molar-refractivity contribution in [1.82, 2.24) is 5.43 Å². The molecule has 0 aliphatic rings. The van der Waals surface area contributed by atoms with Gasteiger partial charge in [-0.05, 0) is 65.2 Å². The SMILES string of the molecule is Cc1ccccc1C(=O)Oc1ccc(/C=N\NC(=O)c2cccc3ccccc23)cc1. The van der Waals surface area contributed by atoms with Crippen LogP contribution in [0.2, 0.25) is 0 Å². The monoisotopic (exact) mass is 408 g/mol. The van der Waals surface area contributed by atoms with Crippen LogP contribution in [0.15, 0.2) is 96.1 Å². The Labute approximate surface area is 180 Å². The lowest BCUT2D eigenvalue weighted by Gasteiger charge is -2.07. The molecule has 31 heavy (non-hydrogen) atoms. The van der Waals surface area contributed by atoms with E-state index in [9.17, 15) is 9.59 Å². The van der Waals surface area contributed by atoms with E-state index in [0.29, 0.717) is 16.9 Å². The van der Waals surface area contributed by atoms with E-state index in [1.165, 1.54) is 6.21 Å². The number of nitrogens with one attached hydrogen (secondary N) is 1. The molecule has 5 heteroatoms. The molecule has 0 saturated heterocycles. The molecule has 0 unspecified atom stereocenters. The van der Waals surface area contributed by atoms with Gasteiger partial charge >= 0.3 is 5.97 Å². The predicted molar refractivity (Wildman–Crippen MR) is 122 cm³/mol. The van der Waals surface area contributed by atoms with Crippen LogP contribution in [0.5, 0.6) is 5.75 Å². The van der Waals surface area contributed by atoms with Crippen LogP contribution in [0.3, 0.4) is 0 Å². The van der Waals surface area contributed by atoms with E-state index >= 15 is 0 Å². The first-order chi connectivity index (χ1) is 15.1. The summed E-state index contributed by atoms with van der Waals surface area (Å²) in [4.78, 5) is 24.8. The topological polar surface area (TPSA) is 67.8 Å². The van der Waals surface area contributed by atoms with E-state index in [1.54, 1.807) is 42.5 Å². The highest BCUT2D eigenvalue weighted by atomic mass is 16.5. The Bertz CT molecular complexity index is 1270. The molecule has 4 aromatic carbocycles. The Kier molecular flexibility index (Phi) is 5.85. The summed E-state index contributed by atoms with van der Waals surface area (Å²) in [6.45, 7) is 1.86. The quantitative estimate of drug-likeness (QED) is 0.215. The lowest BCUT2D eigenvalue weighted by Crippen LogP contribution is -2.17. The molecule has 0 aliphatic carbocycles. The van der Waals surface area contributed by atoms with Crippen molar-refractivity contribution in [3.8, 4) is 5.75 Å². The number of aryl methyl sites for hydroxylation is 1. The van der Waals surface area contributed by atoms with Gasteiger partial charge in [0.25, 0.3) is 5.91 Å². The number of rotatable bonds is 5. The van der Waals surface area contributed by atoms with Gasteiger partial charge in [0.1, 0.15) is 5.75 Å². The maximum atomic E-state index is 12.5. The van der Waals surface area contributed by atoms with Crippen molar-refractivity contribution in [3.05, 3.63) is 113 Å². The standard InChI is InChI=1S/C26H20N2O3/c1-18-7-2-4-10-22(18)26(30)31-21-15-13-19(14-16-21)17-27-28-25(29)24-12-6-9-20-8-3-5-11-23(20)24/h2-17H,1H3,(H,28,29)/b27-17-. The van der Waals surface area contributed by atoms with Gasteiger partial charge in [-0.2, -0.15) is 5.10 Å². The third-order valence-electron chi connectivity index (χ3n) is 4.87. The summed E-state index contributed by atoms with van der Waals surface area (Å²) in [6.07, 6.45) is 1.54. The lowest BCUT2D eigenvalue weighted by atomic mass is 10.0. The first-order valence-corrected chi connectivity index (χ1v) is 9.81. The fourth-order valence-corrected chi connectivity index (χ4v) is 3.23. The average molecular weight is 408 g/mol. The first kappa shape index (κ1) is 20.0. The highest BCUT2D eigenvalue weighted by Crippen LogP contribution is 2.18. The molecule has 0 fully saturated rings. The molecule has 5 nitrogen and oxygen atoms in total. The number of amides is 1. The molecule has 4 rings (SSSR count). The molecule has 0 spiro atoms. The van der Waals surface area contributed by atoms with E-state index < -0.39 is 5.97 Å². The van der Waals surface area contributed by atoms with Gasteiger partial charge in [-0.15, -0.1) is 0 Å². The van der Waals surface area contributed by atoms with Gasteiger partial charge in [0.05, 0.1) is 11.8 Å². The molecule has 1 N–H and O–H groups in total. The Balaban J connectivity index is 1.39. The Morgan fingerprint density at radius 2 is 1.48 bits per heavy atom. The third-order valence-corrected chi connectivity index (χ3v) is 4.87. The zero-order valence-corrected chi connectivity index (χ0v) is 16.9. The Morgan fingerprint density at radius 1 is 0.806 bits per heavy atom. The Hall–Kier alpha value is -4.25. The molecule has 0 saturated carbocycles. The second-order valence-electron chi connectivity index (χ2n) is 7.00. The van der Waals surface area contributed by atoms with Gasteiger partial charge < -0.3 is 4.74 Å². The number of fused-ring (bicyclic) bond motifs is 1. The number of benzene rings is 4. The molecule has 0 radical (unpaired) electrons. The number of ether oxygens (including phenoxy) is 1. The van der Waals surface area contributed by atoms with Crippen molar-refractivity contribution in [2.24, 2.45) is 5.10 Å². The van der Waals surface area contributed by atoms with E-state index in [1.807, 2.05) is 55.5 Å². The van der Waals surface area contributed by atoms with Crippen molar-refractivity contribution in [3.63, 3.8) is 0 Å². The molecule has 0 aliphatic heterocycles. The predicted octanol–water partition coefficient (Wildman–Crippen LogP) is 5.13. The van der Waals surface area contributed by atoms with E-state index in [2.05, 4.69) is 10.5 Å². The van der Waals surface area contributed by atoms with Crippen LogP contribution in [-0.4, -0.2) is 18.1 Å². The minimum atomic E-state index is -0.401. The molecule has 4 aromatic rings. The second-order valence-corrected chi connectivity index (χ2v) is 7.00. The number of carbonyl (C=O) groups excluding carboxylic acids is 2. The van der Waals surface area contributed by atoms with Crippen LogP contribution in [-0.2, 0) is 0 Å². The zero-order chi connectivity index (χ0) is 21.6. The summed E-state index contributed by atoms with van der Waals surface area (Å²) in [7, 11) is 0. The molecule has 152 valence electrons. The molecule has 0 bridgehead atoms. The highest BCUT2D eigenvalue weighted by Gasteiger charge is 2.11. The van der Waals surface area contributed by atoms with Gasteiger partial charge in [-0.25, -0.2) is 10.2 Å². The van der Waals surface area contributed by atoms with Crippen molar-refractivity contribution >= 4 is 28.9 Å². The van der Waals surface area contributed by atoms with Gasteiger partial charge in [0, 0.05) is 5.56 Å². The minimum Gasteiger partial charge on any atom is -0.423 e. The number of hydrazone groups is 1. The van der Waals surface area contributed by atoms with Crippen LogP contribution in [0, 0.1) is 6.92 Å². The number of hydrogen-bond acceptors (Lipinski definition) is 4. The maximum absolute atomic E-state index is 12.5. The largest absolute Gasteiger partial charge is 0.423 e.